The molecule has 2 heterocycles. The molecule has 3 rings (SSSR count). The zero-order valence-corrected chi connectivity index (χ0v) is 19.7. The molecule has 1 aromatic carbocycles. The second kappa shape index (κ2) is 9.82. The molecular weight excluding hydrogens is 414 g/mol. The van der Waals surface area contributed by atoms with Gasteiger partial charge in [-0.1, -0.05) is 50.2 Å². The minimum Gasteiger partial charge on any atom is -0.364 e. The molecule has 1 fully saturated rings. The number of sulfonamides is 1. The van der Waals surface area contributed by atoms with Crippen LogP contribution in [0.4, 0.5) is 0 Å². The van der Waals surface area contributed by atoms with Crippen molar-refractivity contribution in [1.29, 1.82) is 0 Å². The first-order valence-electron chi connectivity index (χ1n) is 10.7. The molecule has 0 aliphatic carbocycles. The Bertz CT molecular complexity index is 956. The zero-order valence-electron chi connectivity index (χ0n) is 18.8. The van der Waals surface area contributed by atoms with Crippen molar-refractivity contribution >= 4 is 16.0 Å². The summed E-state index contributed by atoms with van der Waals surface area (Å²) in [5, 5.41) is 7.05. The summed E-state index contributed by atoms with van der Waals surface area (Å²) in [6, 6.07) is 10.2. The van der Waals surface area contributed by atoms with Gasteiger partial charge in [-0.05, 0) is 23.5 Å². The highest BCUT2D eigenvalue weighted by Crippen LogP contribution is 2.22. The van der Waals surface area contributed by atoms with E-state index in [0.717, 1.165) is 18.1 Å². The van der Waals surface area contributed by atoms with Crippen LogP contribution >= 0.6 is 0 Å². The minimum atomic E-state index is -3.42. The number of benzene rings is 1. The van der Waals surface area contributed by atoms with Crippen molar-refractivity contribution in [3.63, 3.8) is 0 Å². The lowest BCUT2D eigenvalue weighted by molar-refractivity contribution is 0.259. The number of hydrogen-bond donors (Lipinski definition) is 1. The smallest absolute Gasteiger partial charge is 0.220 e. The van der Waals surface area contributed by atoms with E-state index in [9.17, 15) is 8.42 Å². The first-order valence-corrected chi connectivity index (χ1v) is 12.3. The van der Waals surface area contributed by atoms with Crippen molar-refractivity contribution in [2.75, 3.05) is 32.7 Å². The van der Waals surface area contributed by atoms with Gasteiger partial charge in [-0.3, -0.25) is 0 Å². The van der Waals surface area contributed by atoms with Crippen LogP contribution in [-0.4, -0.2) is 61.5 Å². The lowest BCUT2D eigenvalue weighted by atomic mass is 9.87. The maximum atomic E-state index is 12.6. The maximum absolute atomic E-state index is 12.6. The third kappa shape index (κ3) is 6.30. The standard InChI is InChI=1S/C22H33N5O3S/c1-5-23-21(24-16-18-6-8-19(9-7-18)22(2,3)4)26-11-13-27(14-12-26)31(28,29)17-20-10-15-30-25-20/h6-10,15H,5,11-14,16-17H2,1-4H3,(H,23,24). The van der Waals surface area contributed by atoms with E-state index in [2.05, 4.69) is 60.4 Å². The normalized spacial score (nSPS) is 16.5. The van der Waals surface area contributed by atoms with Gasteiger partial charge in [0, 0.05) is 38.8 Å². The lowest BCUT2D eigenvalue weighted by Crippen LogP contribution is -2.53. The van der Waals surface area contributed by atoms with Gasteiger partial charge in [0.1, 0.15) is 12.0 Å². The molecule has 0 saturated carbocycles. The molecule has 0 spiro atoms. The molecule has 1 aromatic heterocycles. The topological polar surface area (TPSA) is 91.0 Å². The predicted molar refractivity (Wildman–Crippen MR) is 122 cm³/mol. The fraction of sp³-hybridized carbons (Fsp3) is 0.545. The van der Waals surface area contributed by atoms with Crippen molar-refractivity contribution in [3.05, 3.63) is 53.4 Å². The number of piperazine rings is 1. The SMILES string of the molecule is CCNC(=NCc1ccc(C(C)(C)C)cc1)N1CCN(S(=O)(=O)Cc2ccon2)CC1. The number of rotatable bonds is 6. The van der Waals surface area contributed by atoms with Crippen LogP contribution in [-0.2, 0) is 27.7 Å². The summed E-state index contributed by atoms with van der Waals surface area (Å²) in [5.41, 5.74) is 3.01. The molecule has 1 N–H and O–H groups in total. The number of nitrogens with zero attached hydrogens (tertiary/aromatic N) is 4. The molecule has 0 amide bonds. The molecule has 8 nitrogen and oxygen atoms in total. The summed E-state index contributed by atoms with van der Waals surface area (Å²) in [6.07, 6.45) is 1.39. The Labute approximate surface area is 185 Å². The van der Waals surface area contributed by atoms with Crippen LogP contribution < -0.4 is 5.32 Å². The van der Waals surface area contributed by atoms with E-state index in [1.54, 1.807) is 6.07 Å². The predicted octanol–water partition coefficient (Wildman–Crippen LogP) is 2.59. The molecule has 170 valence electrons. The largest absolute Gasteiger partial charge is 0.364 e. The monoisotopic (exact) mass is 447 g/mol. The van der Waals surface area contributed by atoms with E-state index >= 15 is 0 Å². The van der Waals surface area contributed by atoms with E-state index in [4.69, 9.17) is 9.52 Å². The highest BCUT2D eigenvalue weighted by Gasteiger charge is 2.29. The quantitative estimate of drug-likeness (QED) is 0.541. The van der Waals surface area contributed by atoms with Gasteiger partial charge in [0.15, 0.2) is 5.96 Å². The second-order valence-electron chi connectivity index (χ2n) is 8.75. The molecular formula is C22H33N5O3S. The minimum absolute atomic E-state index is 0.129. The van der Waals surface area contributed by atoms with Crippen molar-refractivity contribution in [2.45, 2.75) is 45.4 Å². The number of aliphatic imine (C=N–C) groups is 1. The third-order valence-electron chi connectivity index (χ3n) is 5.32. The van der Waals surface area contributed by atoms with E-state index in [0.29, 0.717) is 38.4 Å². The van der Waals surface area contributed by atoms with Crippen molar-refractivity contribution < 1.29 is 12.9 Å². The fourth-order valence-corrected chi connectivity index (χ4v) is 4.90. The number of aromatic nitrogens is 1. The molecule has 0 atom stereocenters. The van der Waals surface area contributed by atoms with Crippen LogP contribution in [0, 0.1) is 0 Å². The summed E-state index contributed by atoms with van der Waals surface area (Å²) in [4.78, 5) is 6.91. The second-order valence-corrected chi connectivity index (χ2v) is 10.7. The van der Waals surface area contributed by atoms with Crippen molar-refractivity contribution in [1.82, 2.24) is 19.7 Å². The Hall–Kier alpha value is -2.39. The molecule has 1 saturated heterocycles. The Morgan fingerprint density at radius 1 is 1.13 bits per heavy atom. The summed E-state index contributed by atoms with van der Waals surface area (Å²) >= 11 is 0. The van der Waals surface area contributed by atoms with Gasteiger partial charge in [0.25, 0.3) is 0 Å². The van der Waals surface area contributed by atoms with E-state index < -0.39 is 10.0 Å². The first-order chi connectivity index (χ1) is 14.7. The zero-order chi connectivity index (χ0) is 22.5. The van der Waals surface area contributed by atoms with Gasteiger partial charge in [0.2, 0.25) is 10.0 Å². The summed E-state index contributed by atoms with van der Waals surface area (Å²) in [5.74, 6) is 0.679. The Morgan fingerprint density at radius 3 is 2.35 bits per heavy atom. The molecule has 2 aromatic rings. The summed E-state index contributed by atoms with van der Waals surface area (Å²) in [6.45, 7) is 12.0. The van der Waals surface area contributed by atoms with Crippen LogP contribution in [0.5, 0.6) is 0 Å². The number of nitrogens with one attached hydrogen (secondary N) is 1. The highest BCUT2D eigenvalue weighted by molar-refractivity contribution is 7.88. The lowest BCUT2D eigenvalue weighted by Gasteiger charge is -2.35. The Balaban J connectivity index is 1.61. The first kappa shape index (κ1) is 23.3. The summed E-state index contributed by atoms with van der Waals surface area (Å²) in [7, 11) is -3.42. The van der Waals surface area contributed by atoms with Gasteiger partial charge in [-0.25, -0.2) is 13.4 Å². The van der Waals surface area contributed by atoms with E-state index in [1.807, 2.05) is 6.92 Å². The Morgan fingerprint density at radius 2 is 1.81 bits per heavy atom. The molecule has 1 aliphatic heterocycles. The van der Waals surface area contributed by atoms with Crippen LogP contribution in [0.1, 0.15) is 44.5 Å². The number of guanidine groups is 1. The molecule has 9 heteroatoms. The molecule has 0 radical (unpaired) electrons. The average molecular weight is 448 g/mol. The van der Waals surface area contributed by atoms with Gasteiger partial charge in [0.05, 0.1) is 12.2 Å². The summed E-state index contributed by atoms with van der Waals surface area (Å²) < 4.78 is 31.6. The van der Waals surface area contributed by atoms with Crippen LogP contribution in [0.2, 0.25) is 0 Å². The van der Waals surface area contributed by atoms with Crippen LogP contribution in [0.15, 0.2) is 46.1 Å². The fourth-order valence-electron chi connectivity index (χ4n) is 3.47. The third-order valence-corrected chi connectivity index (χ3v) is 7.13. The van der Waals surface area contributed by atoms with E-state index in [-0.39, 0.29) is 11.2 Å². The van der Waals surface area contributed by atoms with Gasteiger partial charge >= 0.3 is 0 Å². The highest BCUT2D eigenvalue weighted by atomic mass is 32.2. The van der Waals surface area contributed by atoms with Crippen LogP contribution in [0.25, 0.3) is 0 Å². The molecule has 0 bridgehead atoms. The van der Waals surface area contributed by atoms with E-state index in [1.165, 1.54) is 16.1 Å². The average Bonchev–Trinajstić information content (AvgIpc) is 3.23. The van der Waals surface area contributed by atoms with Gasteiger partial charge in [-0.15, -0.1) is 0 Å². The molecule has 1 aliphatic rings. The number of hydrogen-bond acceptors (Lipinski definition) is 5. The van der Waals surface area contributed by atoms with Gasteiger partial charge < -0.3 is 14.7 Å². The van der Waals surface area contributed by atoms with Gasteiger partial charge in [-0.2, -0.15) is 4.31 Å². The Kier molecular flexibility index (Phi) is 7.38. The maximum Gasteiger partial charge on any atom is 0.220 e. The van der Waals surface area contributed by atoms with Crippen molar-refractivity contribution in [2.24, 2.45) is 4.99 Å². The van der Waals surface area contributed by atoms with Crippen molar-refractivity contribution in [3.8, 4) is 0 Å². The molecule has 0 unspecified atom stereocenters. The van der Waals surface area contributed by atoms with Crippen LogP contribution in [0.3, 0.4) is 0 Å². The molecule has 31 heavy (non-hydrogen) atoms.